The number of methoxy groups -OCH3 is 2. The van der Waals surface area contributed by atoms with E-state index in [-0.39, 0.29) is 5.75 Å². The maximum Gasteiger partial charge on any atom is 0.216 e. The number of aromatic amines is 1. The van der Waals surface area contributed by atoms with Crippen molar-refractivity contribution >= 4 is 18.4 Å². The molecule has 0 radical (unpaired) electrons. The van der Waals surface area contributed by atoms with Crippen molar-refractivity contribution in [3.63, 3.8) is 0 Å². The third-order valence-electron chi connectivity index (χ3n) is 3.51. The van der Waals surface area contributed by atoms with Gasteiger partial charge in [0.1, 0.15) is 5.75 Å². The molecule has 2 N–H and O–H groups in total. The van der Waals surface area contributed by atoms with Crippen LogP contribution in [0.2, 0.25) is 0 Å². The third-order valence-corrected chi connectivity index (χ3v) is 3.77. The molecule has 0 spiro atoms. The number of nitrogens with one attached hydrogen (secondary N) is 1. The van der Waals surface area contributed by atoms with Gasteiger partial charge in [-0.3, -0.25) is 0 Å². The van der Waals surface area contributed by atoms with Crippen molar-refractivity contribution < 1.29 is 14.6 Å². The average Bonchev–Trinajstić information content (AvgIpc) is 3.01. The lowest BCUT2D eigenvalue weighted by molar-refractivity contribution is 0.355. The topological polar surface area (TPSA) is 84.7 Å². The smallest absolute Gasteiger partial charge is 0.216 e. The molecule has 0 aliphatic carbocycles. The van der Waals surface area contributed by atoms with Crippen LogP contribution in [-0.2, 0) is 0 Å². The molecule has 0 unspecified atom stereocenters. The molecule has 3 rings (SSSR count). The molecule has 1 aromatic heterocycles. The monoisotopic (exact) mass is 356 g/mol. The van der Waals surface area contributed by atoms with E-state index in [2.05, 4.69) is 15.3 Å². The Morgan fingerprint density at radius 1 is 1.12 bits per heavy atom. The van der Waals surface area contributed by atoms with Crippen LogP contribution in [0.25, 0.3) is 11.4 Å². The first kappa shape index (κ1) is 16.7. The summed E-state index contributed by atoms with van der Waals surface area (Å²) in [7, 11) is 3.15. The zero-order valence-corrected chi connectivity index (χ0v) is 14.4. The van der Waals surface area contributed by atoms with Crippen LogP contribution >= 0.6 is 12.2 Å². The number of rotatable bonds is 5. The van der Waals surface area contributed by atoms with E-state index in [1.807, 2.05) is 6.07 Å². The third kappa shape index (κ3) is 3.53. The molecule has 8 heteroatoms. The van der Waals surface area contributed by atoms with Gasteiger partial charge in [-0.1, -0.05) is 0 Å². The van der Waals surface area contributed by atoms with Crippen LogP contribution in [0.1, 0.15) is 5.56 Å². The van der Waals surface area contributed by atoms with Crippen molar-refractivity contribution in [2.75, 3.05) is 14.2 Å². The van der Waals surface area contributed by atoms with Crippen LogP contribution in [0.5, 0.6) is 17.2 Å². The molecular weight excluding hydrogens is 340 g/mol. The standard InChI is InChI=1S/C17H16N4O3S/c1-23-14-8-5-12(9-15(14)24-2)16-19-20-17(25)21(16)18-10-11-3-6-13(22)7-4-11/h3-10,22H,1-2H3,(H,20,25)/b18-10+. The summed E-state index contributed by atoms with van der Waals surface area (Å²) in [4.78, 5) is 0. The summed E-state index contributed by atoms with van der Waals surface area (Å²) < 4.78 is 12.5. The van der Waals surface area contributed by atoms with Gasteiger partial charge < -0.3 is 14.6 Å². The normalized spacial score (nSPS) is 11.0. The number of hydrogen-bond acceptors (Lipinski definition) is 6. The van der Waals surface area contributed by atoms with Gasteiger partial charge in [0, 0.05) is 5.56 Å². The molecule has 3 aromatic rings. The second-order valence-corrected chi connectivity index (χ2v) is 5.46. The van der Waals surface area contributed by atoms with Gasteiger partial charge in [-0.05, 0) is 60.2 Å². The summed E-state index contributed by atoms with van der Waals surface area (Å²) in [5, 5.41) is 20.7. The first-order valence-corrected chi connectivity index (χ1v) is 7.76. The SMILES string of the molecule is COc1ccc(-c2n[nH]c(=S)n2/N=C/c2ccc(O)cc2)cc1OC. The lowest BCUT2D eigenvalue weighted by Crippen LogP contribution is -1.96. The Hall–Kier alpha value is -3.13. The molecular formula is C17H16N4O3S. The van der Waals surface area contributed by atoms with Gasteiger partial charge in [-0.25, -0.2) is 5.10 Å². The Morgan fingerprint density at radius 3 is 2.52 bits per heavy atom. The zero-order chi connectivity index (χ0) is 17.8. The van der Waals surface area contributed by atoms with Crippen molar-refractivity contribution in [1.29, 1.82) is 0 Å². The van der Waals surface area contributed by atoms with Gasteiger partial charge in [0.2, 0.25) is 4.77 Å². The van der Waals surface area contributed by atoms with Crippen molar-refractivity contribution in [2.24, 2.45) is 5.10 Å². The summed E-state index contributed by atoms with van der Waals surface area (Å²) in [5.74, 6) is 1.95. The Balaban J connectivity index is 1.99. The molecule has 0 aliphatic rings. The van der Waals surface area contributed by atoms with Gasteiger partial charge in [0.15, 0.2) is 17.3 Å². The predicted octanol–water partition coefficient (Wildman–Crippen LogP) is 3.21. The Bertz CT molecular complexity index is 961. The van der Waals surface area contributed by atoms with E-state index in [9.17, 15) is 5.11 Å². The van der Waals surface area contributed by atoms with Crippen LogP contribution in [-0.4, -0.2) is 40.4 Å². The number of aromatic nitrogens is 3. The molecule has 0 aliphatic heterocycles. The van der Waals surface area contributed by atoms with E-state index < -0.39 is 0 Å². The van der Waals surface area contributed by atoms with Crippen LogP contribution in [0.4, 0.5) is 0 Å². The van der Waals surface area contributed by atoms with E-state index >= 15 is 0 Å². The maximum absolute atomic E-state index is 9.33. The number of hydrogen-bond donors (Lipinski definition) is 2. The molecule has 25 heavy (non-hydrogen) atoms. The summed E-state index contributed by atoms with van der Waals surface area (Å²) in [5.41, 5.74) is 1.59. The van der Waals surface area contributed by atoms with Crippen molar-refractivity contribution in [3.8, 4) is 28.6 Å². The van der Waals surface area contributed by atoms with Crippen LogP contribution < -0.4 is 9.47 Å². The van der Waals surface area contributed by atoms with Gasteiger partial charge in [0.05, 0.1) is 20.4 Å². The van der Waals surface area contributed by atoms with E-state index in [0.29, 0.717) is 22.1 Å². The molecule has 0 saturated heterocycles. The number of phenols is 1. The molecule has 1 heterocycles. The minimum Gasteiger partial charge on any atom is -0.508 e. The second kappa shape index (κ2) is 7.18. The van der Waals surface area contributed by atoms with Crippen molar-refractivity contribution in [2.45, 2.75) is 0 Å². The number of aromatic hydroxyl groups is 1. The maximum atomic E-state index is 9.33. The van der Waals surface area contributed by atoms with Gasteiger partial charge >= 0.3 is 0 Å². The largest absolute Gasteiger partial charge is 0.508 e. The summed E-state index contributed by atoms with van der Waals surface area (Å²) >= 11 is 5.25. The van der Waals surface area contributed by atoms with Crippen LogP contribution in [0.3, 0.4) is 0 Å². The highest BCUT2D eigenvalue weighted by molar-refractivity contribution is 7.71. The molecule has 7 nitrogen and oxygen atoms in total. The lowest BCUT2D eigenvalue weighted by Gasteiger charge is -2.09. The van der Waals surface area contributed by atoms with E-state index in [4.69, 9.17) is 21.7 Å². The van der Waals surface area contributed by atoms with E-state index in [0.717, 1.165) is 11.1 Å². The average molecular weight is 356 g/mol. The molecule has 0 fully saturated rings. The second-order valence-electron chi connectivity index (χ2n) is 5.07. The predicted molar refractivity (Wildman–Crippen MR) is 97.1 cm³/mol. The highest BCUT2D eigenvalue weighted by Crippen LogP contribution is 2.31. The zero-order valence-electron chi connectivity index (χ0n) is 13.6. The van der Waals surface area contributed by atoms with Gasteiger partial charge in [-0.15, -0.1) is 0 Å². The minimum atomic E-state index is 0.197. The van der Waals surface area contributed by atoms with Crippen LogP contribution in [0, 0.1) is 4.77 Å². The molecule has 0 bridgehead atoms. The Morgan fingerprint density at radius 2 is 1.84 bits per heavy atom. The number of nitrogens with zero attached hydrogens (tertiary/aromatic N) is 3. The molecule has 2 aromatic carbocycles. The van der Waals surface area contributed by atoms with Crippen molar-refractivity contribution in [1.82, 2.24) is 14.9 Å². The highest BCUT2D eigenvalue weighted by Gasteiger charge is 2.12. The number of H-pyrrole nitrogens is 1. The fourth-order valence-corrected chi connectivity index (χ4v) is 2.42. The lowest BCUT2D eigenvalue weighted by atomic mass is 10.2. The Labute approximate surface area is 149 Å². The van der Waals surface area contributed by atoms with Gasteiger partial charge in [0.25, 0.3) is 0 Å². The molecule has 0 atom stereocenters. The molecule has 128 valence electrons. The fourth-order valence-electron chi connectivity index (χ4n) is 2.25. The fraction of sp³-hybridized carbons (Fsp3) is 0.118. The van der Waals surface area contributed by atoms with Crippen LogP contribution in [0.15, 0.2) is 47.6 Å². The summed E-state index contributed by atoms with van der Waals surface area (Å²) in [6, 6.07) is 12.1. The highest BCUT2D eigenvalue weighted by atomic mass is 32.1. The van der Waals surface area contributed by atoms with E-state index in [1.165, 1.54) is 4.68 Å². The molecule has 0 saturated carbocycles. The minimum absolute atomic E-state index is 0.197. The first-order chi connectivity index (χ1) is 12.1. The Kier molecular flexibility index (Phi) is 4.80. The number of ether oxygens (including phenoxy) is 2. The van der Waals surface area contributed by atoms with E-state index in [1.54, 1.807) is 56.8 Å². The number of benzene rings is 2. The number of phenolic OH excluding ortho intramolecular Hbond substituents is 1. The van der Waals surface area contributed by atoms with Gasteiger partial charge in [-0.2, -0.15) is 14.9 Å². The quantitative estimate of drug-likeness (QED) is 0.542. The first-order valence-electron chi connectivity index (χ1n) is 7.35. The van der Waals surface area contributed by atoms with Crippen molar-refractivity contribution in [3.05, 3.63) is 52.8 Å². The molecule has 0 amide bonds. The summed E-state index contributed by atoms with van der Waals surface area (Å²) in [6.07, 6.45) is 1.63. The summed E-state index contributed by atoms with van der Waals surface area (Å²) in [6.45, 7) is 0.